The lowest BCUT2D eigenvalue weighted by molar-refractivity contribution is 0.330. The number of ether oxygens (including phenoxy) is 1. The molecule has 1 aromatic rings. The van der Waals surface area contributed by atoms with Gasteiger partial charge in [-0.3, -0.25) is 0 Å². The third kappa shape index (κ3) is 1.67. The van der Waals surface area contributed by atoms with E-state index in [0.29, 0.717) is 0 Å². The summed E-state index contributed by atoms with van der Waals surface area (Å²) >= 11 is 0. The van der Waals surface area contributed by atoms with Crippen LogP contribution in [0.25, 0.3) is 5.83 Å². The maximum atomic E-state index is 13.0. The minimum atomic E-state index is -1.88. The van der Waals surface area contributed by atoms with Gasteiger partial charge in [-0.2, -0.15) is 8.78 Å². The first-order valence-corrected chi connectivity index (χ1v) is 3.66. The Balaban J connectivity index is 3.66. The standard InChI is InChI=1S/C9H5F5O/c1-3(10)4-5(11)7(13)9(15-2)8(14)6(4)12/h1H2,2H3. The second-order valence-corrected chi connectivity index (χ2v) is 2.57. The predicted molar refractivity (Wildman–Crippen MR) is 43.0 cm³/mol. The zero-order chi connectivity index (χ0) is 11.7. The molecule has 0 saturated heterocycles. The number of hydrogen-bond acceptors (Lipinski definition) is 1. The Morgan fingerprint density at radius 3 is 1.67 bits per heavy atom. The van der Waals surface area contributed by atoms with Crippen molar-refractivity contribution >= 4 is 5.83 Å². The maximum Gasteiger partial charge on any atom is 0.204 e. The van der Waals surface area contributed by atoms with E-state index >= 15 is 0 Å². The van der Waals surface area contributed by atoms with E-state index < -0.39 is 40.4 Å². The van der Waals surface area contributed by atoms with E-state index in [-0.39, 0.29) is 0 Å². The van der Waals surface area contributed by atoms with E-state index in [1.807, 2.05) is 0 Å². The number of benzene rings is 1. The van der Waals surface area contributed by atoms with Crippen molar-refractivity contribution in [1.82, 2.24) is 0 Å². The van der Waals surface area contributed by atoms with Crippen LogP contribution in [0.4, 0.5) is 22.0 Å². The first kappa shape index (κ1) is 11.5. The largest absolute Gasteiger partial charge is 0.491 e. The van der Waals surface area contributed by atoms with E-state index in [9.17, 15) is 22.0 Å². The van der Waals surface area contributed by atoms with E-state index in [1.54, 1.807) is 0 Å². The molecule has 1 aromatic carbocycles. The van der Waals surface area contributed by atoms with Crippen molar-refractivity contribution in [3.8, 4) is 5.75 Å². The summed E-state index contributed by atoms with van der Waals surface area (Å²) in [5.74, 6) is -10.2. The molecular formula is C9H5F5O. The highest BCUT2D eigenvalue weighted by atomic mass is 19.2. The predicted octanol–water partition coefficient (Wildman–Crippen LogP) is 3.19. The summed E-state index contributed by atoms with van der Waals surface area (Å²) in [5, 5.41) is 0. The van der Waals surface area contributed by atoms with Gasteiger partial charge in [-0.1, -0.05) is 6.58 Å². The highest BCUT2D eigenvalue weighted by Crippen LogP contribution is 2.32. The summed E-state index contributed by atoms with van der Waals surface area (Å²) in [5.41, 5.74) is -1.47. The number of rotatable bonds is 2. The van der Waals surface area contributed by atoms with Gasteiger partial charge in [0.2, 0.25) is 11.6 Å². The van der Waals surface area contributed by atoms with E-state index in [1.165, 1.54) is 0 Å². The molecule has 0 atom stereocenters. The fourth-order valence-electron chi connectivity index (χ4n) is 1.03. The van der Waals surface area contributed by atoms with Crippen molar-refractivity contribution in [2.24, 2.45) is 0 Å². The van der Waals surface area contributed by atoms with Crippen LogP contribution >= 0.6 is 0 Å². The molecule has 0 fully saturated rings. The van der Waals surface area contributed by atoms with Crippen molar-refractivity contribution < 1.29 is 26.7 Å². The molecule has 15 heavy (non-hydrogen) atoms. The minimum absolute atomic E-state index is 0.824. The number of hydrogen-bond donors (Lipinski definition) is 0. The molecule has 1 rings (SSSR count). The molecular weight excluding hydrogens is 219 g/mol. The second kappa shape index (κ2) is 3.88. The lowest BCUT2D eigenvalue weighted by Crippen LogP contribution is -2.04. The molecule has 1 nitrogen and oxygen atoms in total. The fourth-order valence-corrected chi connectivity index (χ4v) is 1.03. The van der Waals surface area contributed by atoms with Crippen LogP contribution in [0.1, 0.15) is 5.56 Å². The van der Waals surface area contributed by atoms with Gasteiger partial charge in [-0.15, -0.1) is 0 Å². The molecule has 0 N–H and O–H groups in total. The van der Waals surface area contributed by atoms with Crippen LogP contribution in [0, 0.1) is 23.3 Å². The molecule has 0 aromatic heterocycles. The van der Waals surface area contributed by atoms with Crippen molar-refractivity contribution in [1.29, 1.82) is 0 Å². The summed E-state index contributed by atoms with van der Waals surface area (Å²) < 4.78 is 68.4. The Labute approximate surface area is 81.8 Å². The third-order valence-electron chi connectivity index (χ3n) is 1.70. The SMILES string of the molecule is C=C(F)c1c(F)c(F)c(OC)c(F)c1F. The molecule has 6 heteroatoms. The van der Waals surface area contributed by atoms with Gasteiger partial charge >= 0.3 is 0 Å². The van der Waals surface area contributed by atoms with Crippen LogP contribution in [-0.2, 0) is 0 Å². The third-order valence-corrected chi connectivity index (χ3v) is 1.70. The van der Waals surface area contributed by atoms with E-state index in [4.69, 9.17) is 0 Å². The minimum Gasteiger partial charge on any atom is -0.491 e. The van der Waals surface area contributed by atoms with Gasteiger partial charge in [0.25, 0.3) is 0 Å². The fraction of sp³-hybridized carbons (Fsp3) is 0.111. The summed E-state index contributed by atoms with van der Waals surface area (Å²) in [6, 6.07) is 0. The molecule has 0 aliphatic heterocycles. The zero-order valence-corrected chi connectivity index (χ0v) is 7.51. The normalized spacial score (nSPS) is 10.3. The van der Waals surface area contributed by atoms with Crippen LogP contribution in [0.5, 0.6) is 5.75 Å². The van der Waals surface area contributed by atoms with Crippen LogP contribution in [0.15, 0.2) is 6.58 Å². The Morgan fingerprint density at radius 1 is 1.00 bits per heavy atom. The van der Waals surface area contributed by atoms with Gasteiger partial charge < -0.3 is 4.74 Å². The van der Waals surface area contributed by atoms with Crippen molar-refractivity contribution in [3.05, 3.63) is 35.4 Å². The van der Waals surface area contributed by atoms with E-state index in [0.717, 1.165) is 7.11 Å². The molecule has 0 aliphatic carbocycles. The Hall–Kier alpha value is -1.59. The summed E-state index contributed by atoms with van der Waals surface area (Å²) in [6.07, 6.45) is 0. The van der Waals surface area contributed by atoms with Crippen LogP contribution in [-0.4, -0.2) is 7.11 Å². The average Bonchev–Trinajstić information content (AvgIpc) is 2.16. The van der Waals surface area contributed by atoms with Crippen molar-refractivity contribution in [2.45, 2.75) is 0 Å². The molecule has 82 valence electrons. The second-order valence-electron chi connectivity index (χ2n) is 2.57. The topological polar surface area (TPSA) is 9.23 Å². The van der Waals surface area contributed by atoms with Crippen LogP contribution in [0.2, 0.25) is 0 Å². The molecule has 0 spiro atoms. The van der Waals surface area contributed by atoms with Crippen molar-refractivity contribution in [2.75, 3.05) is 7.11 Å². The van der Waals surface area contributed by atoms with E-state index in [2.05, 4.69) is 11.3 Å². The summed E-state index contributed by atoms with van der Waals surface area (Å²) in [4.78, 5) is 0. The quantitative estimate of drug-likeness (QED) is 0.553. The molecule has 0 unspecified atom stereocenters. The maximum absolute atomic E-state index is 13.0. The smallest absolute Gasteiger partial charge is 0.204 e. The molecule has 0 bridgehead atoms. The first-order chi connectivity index (χ1) is 6.91. The highest BCUT2D eigenvalue weighted by Gasteiger charge is 2.27. The van der Waals surface area contributed by atoms with Gasteiger partial charge in [0.1, 0.15) is 5.83 Å². The molecule has 0 saturated carbocycles. The lowest BCUT2D eigenvalue weighted by Gasteiger charge is -2.08. The Morgan fingerprint density at radius 2 is 1.40 bits per heavy atom. The van der Waals surface area contributed by atoms with Gasteiger partial charge in [0.05, 0.1) is 12.7 Å². The zero-order valence-electron chi connectivity index (χ0n) is 7.51. The van der Waals surface area contributed by atoms with Gasteiger partial charge in [-0.25, -0.2) is 13.2 Å². The average molecular weight is 224 g/mol. The van der Waals surface area contributed by atoms with Crippen LogP contribution in [0.3, 0.4) is 0 Å². The lowest BCUT2D eigenvalue weighted by atomic mass is 10.1. The first-order valence-electron chi connectivity index (χ1n) is 3.66. The molecule has 0 heterocycles. The molecule has 0 amide bonds. The monoisotopic (exact) mass is 224 g/mol. The Kier molecular flexibility index (Phi) is 2.97. The van der Waals surface area contributed by atoms with Gasteiger partial charge in [-0.05, 0) is 0 Å². The Bertz CT molecular complexity index is 398. The molecule has 0 aliphatic rings. The van der Waals surface area contributed by atoms with Gasteiger partial charge in [0, 0.05) is 0 Å². The number of methoxy groups -OCH3 is 1. The van der Waals surface area contributed by atoms with Crippen LogP contribution < -0.4 is 4.74 Å². The molecule has 0 radical (unpaired) electrons. The summed E-state index contributed by atoms with van der Waals surface area (Å²) in [7, 11) is 0.824. The van der Waals surface area contributed by atoms with Gasteiger partial charge in [0.15, 0.2) is 17.4 Å². The highest BCUT2D eigenvalue weighted by molar-refractivity contribution is 5.59. The number of halogens is 5. The summed E-state index contributed by atoms with van der Waals surface area (Å²) in [6.45, 7) is 2.56. The van der Waals surface area contributed by atoms with Crippen molar-refractivity contribution in [3.63, 3.8) is 0 Å².